The Morgan fingerprint density at radius 2 is 2.05 bits per heavy atom. The maximum atomic E-state index is 3.53. The Labute approximate surface area is 118 Å². The highest BCUT2D eigenvalue weighted by Gasteiger charge is 2.28. The molecule has 0 aliphatic heterocycles. The number of nitrogens with zero attached hydrogens (tertiary/aromatic N) is 1. The normalized spacial score (nSPS) is 15.0. The molecule has 0 heterocycles. The fraction of sp³-hybridized carbons (Fsp3) is 0.647. The van der Waals surface area contributed by atoms with Gasteiger partial charge in [0.2, 0.25) is 0 Å². The minimum Gasteiger partial charge on any atom is -0.369 e. The van der Waals surface area contributed by atoms with Crippen LogP contribution in [0, 0.1) is 12.8 Å². The second-order valence-corrected chi connectivity index (χ2v) is 6.15. The Hall–Kier alpha value is -1.02. The third-order valence-corrected chi connectivity index (χ3v) is 3.85. The van der Waals surface area contributed by atoms with Crippen molar-refractivity contribution in [3.8, 4) is 0 Å². The van der Waals surface area contributed by atoms with E-state index in [0.29, 0.717) is 5.92 Å². The predicted molar refractivity (Wildman–Crippen MR) is 83.8 cm³/mol. The van der Waals surface area contributed by atoms with Crippen LogP contribution in [0.5, 0.6) is 0 Å². The van der Waals surface area contributed by atoms with E-state index >= 15 is 0 Å². The van der Waals surface area contributed by atoms with Crippen LogP contribution in [0.15, 0.2) is 18.2 Å². The maximum absolute atomic E-state index is 3.53. The van der Waals surface area contributed by atoms with Gasteiger partial charge in [-0.05, 0) is 62.4 Å². The zero-order chi connectivity index (χ0) is 13.8. The lowest BCUT2D eigenvalue weighted by Gasteiger charge is -2.24. The van der Waals surface area contributed by atoms with E-state index in [9.17, 15) is 0 Å². The molecule has 1 aromatic rings. The van der Waals surface area contributed by atoms with Gasteiger partial charge in [0.1, 0.15) is 0 Å². The standard InChI is InChI=1S/C17H28N2/c1-5-19(16-8-9-16)17-7-6-15(14(4)10-17)12-18-11-13(2)3/h6-7,10,13,16,18H,5,8-9,11-12H2,1-4H3. The molecule has 1 fully saturated rings. The molecule has 2 heteroatoms. The summed E-state index contributed by atoms with van der Waals surface area (Å²) in [5.41, 5.74) is 4.24. The van der Waals surface area contributed by atoms with Gasteiger partial charge >= 0.3 is 0 Å². The molecular formula is C17H28N2. The van der Waals surface area contributed by atoms with Gasteiger partial charge in [-0.2, -0.15) is 0 Å². The van der Waals surface area contributed by atoms with Gasteiger partial charge < -0.3 is 10.2 Å². The first-order valence-electron chi connectivity index (χ1n) is 7.68. The van der Waals surface area contributed by atoms with Crippen molar-refractivity contribution in [1.82, 2.24) is 5.32 Å². The van der Waals surface area contributed by atoms with Crippen LogP contribution in [-0.4, -0.2) is 19.1 Å². The van der Waals surface area contributed by atoms with Gasteiger partial charge in [-0.3, -0.25) is 0 Å². The van der Waals surface area contributed by atoms with Crippen LogP contribution in [0.3, 0.4) is 0 Å². The van der Waals surface area contributed by atoms with E-state index in [2.05, 4.69) is 56.1 Å². The van der Waals surface area contributed by atoms with Crippen LogP contribution in [0.25, 0.3) is 0 Å². The van der Waals surface area contributed by atoms with Crippen molar-refractivity contribution in [2.45, 2.75) is 53.1 Å². The zero-order valence-corrected chi connectivity index (χ0v) is 12.9. The van der Waals surface area contributed by atoms with Crippen molar-refractivity contribution < 1.29 is 0 Å². The lowest BCUT2D eigenvalue weighted by atomic mass is 10.1. The lowest BCUT2D eigenvalue weighted by molar-refractivity contribution is 0.551. The van der Waals surface area contributed by atoms with E-state index in [1.54, 1.807) is 0 Å². The molecular weight excluding hydrogens is 232 g/mol. The quantitative estimate of drug-likeness (QED) is 0.803. The third-order valence-electron chi connectivity index (χ3n) is 3.85. The van der Waals surface area contributed by atoms with Gasteiger partial charge in [0.15, 0.2) is 0 Å². The molecule has 1 N–H and O–H groups in total. The number of hydrogen-bond acceptors (Lipinski definition) is 2. The van der Waals surface area contributed by atoms with Crippen LogP contribution < -0.4 is 10.2 Å². The summed E-state index contributed by atoms with van der Waals surface area (Å²) in [5.74, 6) is 0.713. The molecule has 1 saturated carbocycles. The molecule has 0 bridgehead atoms. The number of aryl methyl sites for hydroxylation is 1. The average molecular weight is 260 g/mol. The fourth-order valence-corrected chi connectivity index (χ4v) is 2.59. The first-order chi connectivity index (χ1) is 9.11. The summed E-state index contributed by atoms with van der Waals surface area (Å²) >= 11 is 0. The smallest absolute Gasteiger partial charge is 0.0371 e. The summed E-state index contributed by atoms with van der Waals surface area (Å²) in [6, 6.07) is 7.74. The Morgan fingerprint density at radius 3 is 2.58 bits per heavy atom. The lowest BCUT2D eigenvalue weighted by Crippen LogP contribution is -2.25. The Bertz CT molecular complexity index is 408. The fourth-order valence-electron chi connectivity index (χ4n) is 2.59. The van der Waals surface area contributed by atoms with Gasteiger partial charge in [0, 0.05) is 24.8 Å². The van der Waals surface area contributed by atoms with E-state index in [1.807, 2.05) is 0 Å². The van der Waals surface area contributed by atoms with Crippen LogP contribution in [0.1, 0.15) is 44.7 Å². The molecule has 1 aliphatic carbocycles. The topological polar surface area (TPSA) is 15.3 Å². The molecule has 0 amide bonds. The first kappa shape index (κ1) is 14.4. The molecule has 2 nitrogen and oxygen atoms in total. The number of benzene rings is 1. The van der Waals surface area contributed by atoms with E-state index < -0.39 is 0 Å². The Balaban J connectivity index is 1.99. The summed E-state index contributed by atoms with van der Waals surface area (Å²) in [6.45, 7) is 12.2. The summed E-state index contributed by atoms with van der Waals surface area (Å²) < 4.78 is 0. The molecule has 106 valence electrons. The molecule has 0 spiro atoms. The van der Waals surface area contributed by atoms with Crippen LogP contribution in [0.2, 0.25) is 0 Å². The number of nitrogens with one attached hydrogen (secondary N) is 1. The van der Waals surface area contributed by atoms with Crippen LogP contribution in [-0.2, 0) is 6.54 Å². The third kappa shape index (κ3) is 3.97. The summed E-state index contributed by atoms with van der Waals surface area (Å²) in [7, 11) is 0. The highest BCUT2D eigenvalue weighted by molar-refractivity contribution is 5.52. The van der Waals surface area contributed by atoms with E-state index in [1.165, 1.54) is 29.7 Å². The maximum Gasteiger partial charge on any atom is 0.0371 e. The predicted octanol–water partition coefficient (Wildman–Crippen LogP) is 3.73. The van der Waals surface area contributed by atoms with Gasteiger partial charge in [-0.25, -0.2) is 0 Å². The van der Waals surface area contributed by atoms with Gasteiger partial charge in [0.25, 0.3) is 0 Å². The molecule has 0 unspecified atom stereocenters. The molecule has 19 heavy (non-hydrogen) atoms. The summed E-state index contributed by atoms with van der Waals surface area (Å²) in [4.78, 5) is 2.54. The SMILES string of the molecule is CCN(c1ccc(CNCC(C)C)c(C)c1)C1CC1. The van der Waals surface area contributed by atoms with E-state index in [0.717, 1.165) is 25.7 Å². The average Bonchev–Trinajstić information content (AvgIpc) is 3.17. The largest absolute Gasteiger partial charge is 0.369 e. The number of rotatable bonds is 7. The summed E-state index contributed by atoms with van der Waals surface area (Å²) in [6.07, 6.45) is 2.73. The van der Waals surface area contributed by atoms with E-state index in [-0.39, 0.29) is 0 Å². The minimum absolute atomic E-state index is 0.713. The zero-order valence-electron chi connectivity index (χ0n) is 12.9. The van der Waals surface area contributed by atoms with E-state index in [4.69, 9.17) is 0 Å². The molecule has 0 saturated heterocycles. The minimum atomic E-state index is 0.713. The van der Waals surface area contributed by atoms with Gasteiger partial charge in [0.05, 0.1) is 0 Å². The highest BCUT2D eigenvalue weighted by Crippen LogP contribution is 2.32. The Kier molecular flexibility index (Phi) is 4.87. The van der Waals surface area contributed by atoms with Gasteiger partial charge in [-0.15, -0.1) is 0 Å². The van der Waals surface area contributed by atoms with Crippen molar-refractivity contribution in [3.05, 3.63) is 29.3 Å². The van der Waals surface area contributed by atoms with Crippen molar-refractivity contribution >= 4 is 5.69 Å². The van der Waals surface area contributed by atoms with Crippen LogP contribution in [0.4, 0.5) is 5.69 Å². The Morgan fingerprint density at radius 1 is 1.32 bits per heavy atom. The highest BCUT2D eigenvalue weighted by atomic mass is 15.2. The van der Waals surface area contributed by atoms with Crippen LogP contribution >= 0.6 is 0 Å². The molecule has 0 aromatic heterocycles. The number of anilines is 1. The van der Waals surface area contributed by atoms with Gasteiger partial charge in [-0.1, -0.05) is 19.9 Å². The second kappa shape index (κ2) is 6.42. The van der Waals surface area contributed by atoms with Crippen molar-refractivity contribution in [3.63, 3.8) is 0 Å². The molecule has 2 rings (SSSR count). The summed E-state index contributed by atoms with van der Waals surface area (Å²) in [5, 5.41) is 3.53. The second-order valence-electron chi connectivity index (χ2n) is 6.15. The number of hydrogen-bond donors (Lipinski definition) is 1. The molecule has 0 atom stereocenters. The monoisotopic (exact) mass is 260 g/mol. The molecule has 0 radical (unpaired) electrons. The van der Waals surface area contributed by atoms with Crippen molar-refractivity contribution in [2.24, 2.45) is 5.92 Å². The molecule has 1 aliphatic rings. The van der Waals surface area contributed by atoms with Crippen molar-refractivity contribution in [2.75, 3.05) is 18.0 Å². The molecule has 1 aromatic carbocycles. The first-order valence-corrected chi connectivity index (χ1v) is 7.68. The van der Waals surface area contributed by atoms with Crippen molar-refractivity contribution in [1.29, 1.82) is 0 Å².